The zero-order valence-electron chi connectivity index (χ0n) is 17.4. The van der Waals surface area contributed by atoms with Gasteiger partial charge in [0.2, 0.25) is 0 Å². The summed E-state index contributed by atoms with van der Waals surface area (Å²) in [5, 5.41) is 6.63. The van der Waals surface area contributed by atoms with Crippen LogP contribution in [0.3, 0.4) is 0 Å². The molecule has 0 aliphatic carbocycles. The molecule has 1 aromatic carbocycles. The predicted molar refractivity (Wildman–Crippen MR) is 114 cm³/mol. The van der Waals surface area contributed by atoms with Gasteiger partial charge >= 0.3 is 0 Å². The fraction of sp³-hybridized carbons (Fsp3) is 0.650. The summed E-state index contributed by atoms with van der Waals surface area (Å²) in [5.41, 5.74) is -0.0563. The van der Waals surface area contributed by atoms with Crippen LogP contribution in [0.1, 0.15) is 27.2 Å². The Kier molecular flexibility index (Phi) is 8.27. The van der Waals surface area contributed by atoms with E-state index in [2.05, 4.69) is 34.4 Å². The van der Waals surface area contributed by atoms with Crippen LogP contribution in [0.15, 0.2) is 40.2 Å². The van der Waals surface area contributed by atoms with Crippen LogP contribution < -0.4 is 10.6 Å². The van der Waals surface area contributed by atoms with Gasteiger partial charge in [-0.1, -0.05) is 25.1 Å². The minimum absolute atomic E-state index is 0.0288. The molecule has 1 aliphatic heterocycles. The molecule has 1 fully saturated rings. The molecule has 0 amide bonds. The molecule has 8 heteroatoms. The normalized spacial score (nSPS) is 17.9. The van der Waals surface area contributed by atoms with Crippen molar-refractivity contribution in [2.24, 2.45) is 4.99 Å². The Morgan fingerprint density at radius 2 is 1.89 bits per heavy atom. The lowest BCUT2D eigenvalue weighted by atomic mass is 10.0. The van der Waals surface area contributed by atoms with E-state index >= 15 is 0 Å². The van der Waals surface area contributed by atoms with Crippen molar-refractivity contribution < 1.29 is 13.2 Å². The smallest absolute Gasteiger partial charge is 0.191 e. The van der Waals surface area contributed by atoms with E-state index in [9.17, 15) is 8.42 Å². The molecule has 7 nitrogen and oxygen atoms in total. The lowest BCUT2D eigenvalue weighted by Gasteiger charge is -2.41. The Balaban J connectivity index is 1.94. The second-order valence-electron chi connectivity index (χ2n) is 7.68. The maximum absolute atomic E-state index is 12.7. The number of rotatable bonds is 8. The molecule has 2 N–H and O–H groups in total. The fourth-order valence-electron chi connectivity index (χ4n) is 3.22. The molecule has 1 aliphatic rings. The first-order valence-corrected chi connectivity index (χ1v) is 11.5. The zero-order valence-corrected chi connectivity index (χ0v) is 18.3. The molecule has 0 spiro atoms. The molecular formula is C20H34N4O3S. The van der Waals surface area contributed by atoms with Gasteiger partial charge in [0.05, 0.1) is 23.9 Å². The van der Waals surface area contributed by atoms with Crippen molar-refractivity contribution in [1.29, 1.82) is 0 Å². The number of nitrogens with zero attached hydrogens (tertiary/aromatic N) is 2. The Morgan fingerprint density at radius 1 is 1.25 bits per heavy atom. The molecule has 1 saturated heterocycles. The second-order valence-corrected chi connectivity index (χ2v) is 9.72. The lowest BCUT2D eigenvalue weighted by Crippen LogP contribution is -2.57. The number of benzene rings is 1. The minimum atomic E-state index is -3.35. The van der Waals surface area contributed by atoms with Crippen molar-refractivity contribution in [2.45, 2.75) is 43.7 Å². The number of sulfone groups is 1. The first kappa shape index (κ1) is 22.6. The average Bonchev–Trinajstić information content (AvgIpc) is 2.71. The number of hydrogen-bond acceptors (Lipinski definition) is 5. The van der Waals surface area contributed by atoms with Crippen LogP contribution in [0.5, 0.6) is 0 Å². The van der Waals surface area contributed by atoms with E-state index in [0.29, 0.717) is 23.8 Å². The van der Waals surface area contributed by atoms with Gasteiger partial charge in [0, 0.05) is 38.3 Å². The number of guanidine groups is 1. The van der Waals surface area contributed by atoms with E-state index in [1.54, 1.807) is 31.3 Å². The van der Waals surface area contributed by atoms with Crippen LogP contribution in [-0.4, -0.2) is 76.5 Å². The quantitative estimate of drug-likeness (QED) is 0.499. The molecule has 1 unspecified atom stereocenters. The second kappa shape index (κ2) is 10.2. The lowest BCUT2D eigenvalue weighted by molar-refractivity contribution is -0.00834. The summed E-state index contributed by atoms with van der Waals surface area (Å²) in [6.07, 6.45) is 0.680. The molecule has 1 atom stereocenters. The van der Waals surface area contributed by atoms with Crippen LogP contribution in [-0.2, 0) is 14.6 Å². The van der Waals surface area contributed by atoms with Crippen molar-refractivity contribution in [3.05, 3.63) is 30.3 Å². The van der Waals surface area contributed by atoms with Crippen molar-refractivity contribution >= 4 is 15.8 Å². The molecule has 0 bridgehead atoms. The molecule has 158 valence electrons. The highest BCUT2D eigenvalue weighted by Gasteiger charge is 2.28. The van der Waals surface area contributed by atoms with Crippen LogP contribution in [0, 0.1) is 0 Å². The maximum atomic E-state index is 12.7. The van der Waals surface area contributed by atoms with E-state index in [1.165, 1.54) is 0 Å². The topological polar surface area (TPSA) is 83.0 Å². The summed E-state index contributed by atoms with van der Waals surface area (Å²) in [4.78, 5) is 7.03. The molecule has 28 heavy (non-hydrogen) atoms. The third-order valence-electron chi connectivity index (χ3n) is 5.14. The average molecular weight is 411 g/mol. The van der Waals surface area contributed by atoms with Crippen molar-refractivity contribution in [2.75, 3.05) is 45.6 Å². The highest BCUT2D eigenvalue weighted by molar-refractivity contribution is 7.91. The van der Waals surface area contributed by atoms with Gasteiger partial charge in [-0.2, -0.15) is 0 Å². The Bertz CT molecular complexity index is 729. The van der Waals surface area contributed by atoms with E-state index in [-0.39, 0.29) is 17.3 Å². The van der Waals surface area contributed by atoms with Gasteiger partial charge < -0.3 is 15.4 Å². The first-order valence-electron chi connectivity index (χ1n) is 9.86. The van der Waals surface area contributed by atoms with Crippen LogP contribution in [0.25, 0.3) is 0 Å². The standard InChI is InChI=1S/C20H34N4O3S/c1-5-17(15-28(25,26)18-9-7-6-8-10-18)23-19(21-4)22-16-20(2,3)24-11-13-27-14-12-24/h6-10,17H,5,11-16H2,1-4H3,(H2,21,22,23). The number of hydrogen-bond donors (Lipinski definition) is 2. The predicted octanol–water partition coefficient (Wildman–Crippen LogP) is 1.51. The Hall–Kier alpha value is -1.64. The highest BCUT2D eigenvalue weighted by Crippen LogP contribution is 2.15. The van der Waals surface area contributed by atoms with E-state index < -0.39 is 9.84 Å². The van der Waals surface area contributed by atoms with Crippen molar-refractivity contribution in [1.82, 2.24) is 15.5 Å². The van der Waals surface area contributed by atoms with Gasteiger partial charge in [-0.15, -0.1) is 0 Å². The van der Waals surface area contributed by atoms with Crippen LogP contribution in [0.4, 0.5) is 0 Å². The van der Waals surface area contributed by atoms with Gasteiger partial charge in [0.1, 0.15) is 0 Å². The summed E-state index contributed by atoms with van der Waals surface area (Å²) < 4.78 is 30.8. The molecule has 2 rings (SSSR count). The molecule has 0 radical (unpaired) electrons. The van der Waals surface area contributed by atoms with Crippen molar-refractivity contribution in [3.8, 4) is 0 Å². The molecule has 1 aromatic rings. The Morgan fingerprint density at radius 3 is 2.46 bits per heavy atom. The third kappa shape index (κ3) is 6.46. The molecule has 1 heterocycles. The summed E-state index contributed by atoms with van der Waals surface area (Å²) >= 11 is 0. The zero-order chi connectivity index (χ0) is 20.6. The summed E-state index contributed by atoms with van der Waals surface area (Å²) in [6, 6.07) is 8.37. The third-order valence-corrected chi connectivity index (χ3v) is 6.97. The number of ether oxygens (including phenoxy) is 1. The maximum Gasteiger partial charge on any atom is 0.191 e. The number of nitrogens with one attached hydrogen (secondary N) is 2. The minimum Gasteiger partial charge on any atom is -0.379 e. The van der Waals surface area contributed by atoms with E-state index in [0.717, 1.165) is 26.3 Å². The van der Waals surface area contributed by atoms with Gasteiger partial charge in [-0.25, -0.2) is 8.42 Å². The number of morpholine rings is 1. The highest BCUT2D eigenvalue weighted by atomic mass is 32.2. The monoisotopic (exact) mass is 410 g/mol. The van der Waals surface area contributed by atoms with Gasteiger partial charge in [-0.05, 0) is 32.4 Å². The van der Waals surface area contributed by atoms with Gasteiger partial charge in [0.15, 0.2) is 15.8 Å². The summed E-state index contributed by atoms with van der Waals surface area (Å²) in [7, 11) is -1.65. The summed E-state index contributed by atoms with van der Waals surface area (Å²) in [5.74, 6) is 0.651. The largest absolute Gasteiger partial charge is 0.379 e. The molecule has 0 aromatic heterocycles. The van der Waals surface area contributed by atoms with Crippen LogP contribution in [0.2, 0.25) is 0 Å². The fourth-order valence-corrected chi connectivity index (χ4v) is 4.83. The van der Waals surface area contributed by atoms with E-state index in [4.69, 9.17) is 4.74 Å². The Labute approximate surface area is 169 Å². The van der Waals surface area contributed by atoms with E-state index in [1.807, 2.05) is 13.0 Å². The van der Waals surface area contributed by atoms with Crippen LogP contribution >= 0.6 is 0 Å². The summed E-state index contributed by atoms with van der Waals surface area (Å²) in [6.45, 7) is 10.4. The van der Waals surface area contributed by atoms with Gasteiger partial charge in [0.25, 0.3) is 0 Å². The molecule has 0 saturated carbocycles. The molecular weight excluding hydrogens is 376 g/mol. The van der Waals surface area contributed by atoms with Crippen molar-refractivity contribution in [3.63, 3.8) is 0 Å². The van der Waals surface area contributed by atoms with Gasteiger partial charge in [-0.3, -0.25) is 9.89 Å². The SMILES string of the molecule is CCC(CS(=O)(=O)c1ccccc1)NC(=NC)NCC(C)(C)N1CCOCC1. The number of aliphatic imine (C=N–C) groups is 1. The first-order chi connectivity index (χ1) is 13.3.